The van der Waals surface area contributed by atoms with Gasteiger partial charge in [-0.2, -0.15) is 26.3 Å². The Morgan fingerprint density at radius 1 is 0.629 bits per heavy atom. The van der Waals surface area contributed by atoms with Crippen molar-refractivity contribution in [3.8, 4) is 56.4 Å². The number of aryl methyl sites for hydroxylation is 1. The van der Waals surface area contributed by atoms with Crippen molar-refractivity contribution in [2.75, 3.05) is 19.5 Å². The molecule has 2 saturated carbocycles. The Morgan fingerprint density at radius 3 is 1.91 bits per heavy atom. The summed E-state index contributed by atoms with van der Waals surface area (Å²) >= 11 is 0. The number of carbonyl (C=O) groups excluding carboxylic acids is 2. The van der Waals surface area contributed by atoms with Crippen molar-refractivity contribution < 1.29 is 54.9 Å². The summed E-state index contributed by atoms with van der Waals surface area (Å²) in [6.07, 6.45) is 5.84. The molecule has 1 N–H and O–H groups in total. The van der Waals surface area contributed by atoms with Gasteiger partial charge in [0, 0.05) is 44.7 Å². The van der Waals surface area contributed by atoms with E-state index >= 15 is 13.2 Å². The van der Waals surface area contributed by atoms with Gasteiger partial charge in [-0.15, -0.1) is 0 Å². The number of carbonyl (C=O) groups is 2. The van der Waals surface area contributed by atoms with E-state index in [1.54, 1.807) is 39.2 Å². The third-order valence-electron chi connectivity index (χ3n) is 19.4. The molecule has 0 aromatic heterocycles. The second-order valence-electron chi connectivity index (χ2n) is 25.3. The van der Waals surface area contributed by atoms with Crippen molar-refractivity contribution in [2.24, 2.45) is 17.8 Å². The first-order valence-corrected chi connectivity index (χ1v) is 31.2. The maximum atomic E-state index is 15.4. The number of halogens is 6. The summed E-state index contributed by atoms with van der Waals surface area (Å²) in [5.74, 6) is 2.03. The van der Waals surface area contributed by atoms with Gasteiger partial charge in [0.2, 0.25) is 5.91 Å². The zero-order chi connectivity index (χ0) is 62.6. The SMILES string of the molecule is CCCCC[C@H]1CC[C@H](c2ccc(-c3ccc(OC(=O)[C@H]4CC[C@H](C(=O)Nc5ccc(-c6cc7c8c(c9c(c7cc6OC)OC(c6ccccc6)(c6ccc(OC)cc6)C=C9)C(C)(C)c6c-8cc(C(F)(F)F)cc6C(F)(F)F)c(C)c5)CC4)cc3)cc2)CC1. The number of anilines is 1. The smallest absolute Gasteiger partial charge is 0.416 e. The Labute approximate surface area is 516 Å². The van der Waals surface area contributed by atoms with Gasteiger partial charge in [0.1, 0.15) is 23.0 Å². The lowest BCUT2D eigenvalue weighted by Gasteiger charge is -2.38. The maximum Gasteiger partial charge on any atom is 0.416 e. The third kappa shape index (κ3) is 11.7. The number of amides is 1. The molecule has 0 spiro atoms. The fraction of sp³-hybridized carbons (Fsp3) is 0.342. The first kappa shape index (κ1) is 60.9. The van der Waals surface area contributed by atoms with E-state index in [4.69, 9.17) is 18.9 Å². The normalized spacial score (nSPS) is 20.2. The topological polar surface area (TPSA) is 83.1 Å². The van der Waals surface area contributed by atoms with Crippen LogP contribution in [-0.2, 0) is 33.0 Å². The molecule has 13 heteroatoms. The Kier molecular flexibility index (Phi) is 16.6. The first-order valence-electron chi connectivity index (χ1n) is 31.2. The Hall–Kier alpha value is -8.32. The van der Waals surface area contributed by atoms with E-state index in [1.807, 2.05) is 110 Å². The second-order valence-corrected chi connectivity index (χ2v) is 25.3. The van der Waals surface area contributed by atoms with Crippen molar-refractivity contribution in [3.63, 3.8) is 0 Å². The average molecular weight is 1210 g/mol. The number of rotatable bonds is 15. The van der Waals surface area contributed by atoms with E-state index in [9.17, 15) is 22.8 Å². The number of fused-ring (bicyclic) bond motifs is 8. The molecule has 0 bridgehead atoms. The van der Waals surface area contributed by atoms with Crippen molar-refractivity contribution >= 4 is 34.4 Å². The summed E-state index contributed by atoms with van der Waals surface area (Å²) in [7, 11) is 3.06. The van der Waals surface area contributed by atoms with E-state index in [2.05, 4.69) is 36.5 Å². The number of ether oxygens (including phenoxy) is 4. The number of methoxy groups -OCH3 is 2. The maximum absolute atomic E-state index is 15.4. The number of alkyl halides is 6. The monoisotopic (exact) mass is 1210 g/mol. The molecule has 4 aliphatic rings. The summed E-state index contributed by atoms with van der Waals surface area (Å²) in [5.41, 5.74) is 2.41. The molecule has 1 heterocycles. The second kappa shape index (κ2) is 24.2. The number of unbranched alkanes of at least 4 members (excludes halogenated alkanes) is 2. The molecule has 0 radical (unpaired) electrons. The molecular weight excluding hydrogens is 1140 g/mol. The van der Waals surface area contributed by atoms with E-state index in [-0.39, 0.29) is 46.5 Å². The van der Waals surface area contributed by atoms with E-state index < -0.39 is 34.5 Å². The molecule has 460 valence electrons. The van der Waals surface area contributed by atoms with Crippen molar-refractivity contribution in [2.45, 2.75) is 134 Å². The van der Waals surface area contributed by atoms with Gasteiger partial charge in [-0.3, -0.25) is 9.59 Å². The quantitative estimate of drug-likeness (QED) is 0.0477. The lowest BCUT2D eigenvalue weighted by Crippen LogP contribution is -2.35. The number of esters is 1. The zero-order valence-electron chi connectivity index (χ0n) is 51.0. The van der Waals surface area contributed by atoms with Gasteiger partial charge in [-0.05, 0) is 192 Å². The third-order valence-corrected chi connectivity index (χ3v) is 19.4. The molecule has 12 rings (SSSR count). The first-order chi connectivity index (χ1) is 42.7. The molecule has 7 nitrogen and oxygen atoms in total. The predicted molar refractivity (Wildman–Crippen MR) is 339 cm³/mol. The molecular formula is C76H73F6NO6. The summed E-state index contributed by atoms with van der Waals surface area (Å²) in [6.45, 7) is 7.35. The highest BCUT2D eigenvalue weighted by molar-refractivity contribution is 6.11. The van der Waals surface area contributed by atoms with E-state index in [1.165, 1.54) is 64.0 Å². The Balaban J connectivity index is 0.791. The van der Waals surface area contributed by atoms with Crippen LogP contribution >= 0.6 is 0 Å². The van der Waals surface area contributed by atoms with Crippen LogP contribution < -0.4 is 24.3 Å². The van der Waals surface area contributed by atoms with Crippen LogP contribution in [0.15, 0.2) is 152 Å². The minimum absolute atomic E-state index is 0.179. The summed E-state index contributed by atoms with van der Waals surface area (Å²) in [6, 6.07) is 43.3. The Bertz CT molecular complexity index is 3990. The van der Waals surface area contributed by atoms with Gasteiger partial charge in [-0.1, -0.05) is 137 Å². The lowest BCUT2D eigenvalue weighted by molar-refractivity contribution is -0.144. The van der Waals surface area contributed by atoms with Gasteiger partial charge < -0.3 is 24.3 Å². The largest absolute Gasteiger partial charge is 0.497 e. The van der Waals surface area contributed by atoms with E-state index in [0.717, 1.165) is 28.7 Å². The summed E-state index contributed by atoms with van der Waals surface area (Å²) in [5, 5.41) is 3.84. The molecule has 1 amide bonds. The van der Waals surface area contributed by atoms with Crippen molar-refractivity contribution in [3.05, 3.63) is 202 Å². The molecule has 8 aromatic carbocycles. The van der Waals surface area contributed by atoms with Crippen LogP contribution in [0.4, 0.5) is 32.0 Å². The van der Waals surface area contributed by atoms with Gasteiger partial charge in [0.05, 0.1) is 31.3 Å². The highest BCUT2D eigenvalue weighted by Gasteiger charge is 2.50. The molecule has 2 fully saturated rings. The molecule has 8 aromatic rings. The lowest BCUT2D eigenvalue weighted by atomic mass is 9.75. The molecule has 3 aliphatic carbocycles. The van der Waals surface area contributed by atoms with Gasteiger partial charge >= 0.3 is 18.3 Å². The van der Waals surface area contributed by atoms with Gasteiger partial charge in [-0.25, -0.2) is 0 Å². The van der Waals surface area contributed by atoms with Crippen LogP contribution in [0.1, 0.15) is 154 Å². The number of benzene rings is 8. The highest BCUT2D eigenvalue weighted by atomic mass is 19.4. The number of hydrogen-bond donors (Lipinski definition) is 1. The molecule has 89 heavy (non-hydrogen) atoms. The summed E-state index contributed by atoms with van der Waals surface area (Å²) < 4.78 is 116. The van der Waals surface area contributed by atoms with Gasteiger partial charge in [0.25, 0.3) is 0 Å². The Morgan fingerprint density at radius 2 is 1.28 bits per heavy atom. The standard InChI is InChI=1S/C76H73F6NO6/c1-7-8-10-13-46-16-18-47(19-17-46)48-20-22-49(23-21-48)50-28-33-58(34-29-50)88-72(85)52-26-24-51(25-27-52)71(84)83-56-32-37-59(45(2)40-56)61-43-62-63(44-66(61)87-6)70-60(38-39-74(89-70,53-14-11-9-12-15-53)54-30-35-57(86-5)36-31-54)69-67(62)64-41-55(75(77,78)79)42-65(76(80,81)82)68(64)73(69,3)4/h9,11-12,14-15,20-23,28-44,46-47,51-52H,7-8,10,13,16-19,24-27H2,1-6H3,(H,83,84)/t46-,47-,51-,52-,74?. The van der Waals surface area contributed by atoms with Crippen molar-refractivity contribution in [1.82, 2.24) is 0 Å². The minimum Gasteiger partial charge on any atom is -0.497 e. The molecule has 1 aliphatic heterocycles. The molecule has 1 unspecified atom stereocenters. The van der Waals surface area contributed by atoms with Crippen LogP contribution in [0.3, 0.4) is 0 Å². The van der Waals surface area contributed by atoms with Crippen LogP contribution in [-0.4, -0.2) is 26.1 Å². The van der Waals surface area contributed by atoms with Crippen molar-refractivity contribution in [1.29, 1.82) is 0 Å². The molecule has 1 atom stereocenters. The van der Waals surface area contributed by atoms with Crippen LogP contribution in [0.25, 0.3) is 50.2 Å². The fourth-order valence-electron chi connectivity index (χ4n) is 14.7. The van der Waals surface area contributed by atoms with Gasteiger partial charge in [0.15, 0.2) is 5.60 Å². The van der Waals surface area contributed by atoms with E-state index in [0.29, 0.717) is 104 Å². The summed E-state index contributed by atoms with van der Waals surface area (Å²) in [4.78, 5) is 27.4. The van der Waals surface area contributed by atoms with Crippen LogP contribution in [0.5, 0.6) is 23.0 Å². The predicted octanol–water partition coefficient (Wildman–Crippen LogP) is 20.4. The zero-order valence-corrected chi connectivity index (χ0v) is 51.0. The number of hydrogen-bond acceptors (Lipinski definition) is 6. The fourth-order valence-corrected chi connectivity index (χ4v) is 14.7. The molecule has 0 saturated heterocycles. The van der Waals surface area contributed by atoms with Crippen LogP contribution in [0.2, 0.25) is 0 Å². The highest BCUT2D eigenvalue weighted by Crippen LogP contribution is 2.62. The van der Waals surface area contributed by atoms with Crippen LogP contribution in [0, 0.1) is 24.7 Å². The number of nitrogens with one attached hydrogen (secondary N) is 1. The minimum atomic E-state index is -5.14. The average Bonchev–Trinajstić information content (AvgIpc) is 1.56.